The summed E-state index contributed by atoms with van der Waals surface area (Å²) in [6.07, 6.45) is 2.19. The van der Waals surface area contributed by atoms with Crippen LogP contribution in [-0.4, -0.2) is 35.0 Å². The van der Waals surface area contributed by atoms with Gasteiger partial charge in [-0.2, -0.15) is 0 Å². The van der Waals surface area contributed by atoms with Crippen LogP contribution in [0.15, 0.2) is 18.2 Å². The molecule has 5 heteroatoms. The van der Waals surface area contributed by atoms with Gasteiger partial charge in [-0.1, -0.05) is 11.6 Å². The van der Waals surface area contributed by atoms with Crippen LogP contribution >= 0.6 is 11.6 Å². The Balaban J connectivity index is 1.78. The molecule has 1 aliphatic carbocycles. The van der Waals surface area contributed by atoms with E-state index in [1.165, 1.54) is 0 Å². The lowest BCUT2D eigenvalue weighted by molar-refractivity contribution is -0.142. The second-order valence-corrected chi connectivity index (χ2v) is 6.53. The molecule has 1 aromatic carbocycles. The molecule has 1 aliphatic heterocycles. The van der Waals surface area contributed by atoms with E-state index in [1.54, 1.807) is 23.1 Å². The Hall–Kier alpha value is -1.55. The topological polar surface area (TPSA) is 57.6 Å². The lowest BCUT2D eigenvalue weighted by Crippen LogP contribution is -2.30. The van der Waals surface area contributed by atoms with Crippen LogP contribution in [0.4, 0.5) is 0 Å². The maximum Gasteiger partial charge on any atom is 0.308 e. The quantitative estimate of drug-likeness (QED) is 0.934. The van der Waals surface area contributed by atoms with Crippen molar-refractivity contribution < 1.29 is 14.7 Å². The van der Waals surface area contributed by atoms with Crippen molar-refractivity contribution in [2.24, 2.45) is 17.8 Å². The van der Waals surface area contributed by atoms with Crippen LogP contribution < -0.4 is 0 Å². The Morgan fingerprint density at radius 1 is 1.29 bits per heavy atom. The number of hydrogen-bond acceptors (Lipinski definition) is 2. The second-order valence-electron chi connectivity index (χ2n) is 6.12. The largest absolute Gasteiger partial charge is 0.481 e. The average Bonchev–Trinajstić information content (AvgIpc) is 3.19. The Morgan fingerprint density at radius 3 is 2.57 bits per heavy atom. The lowest BCUT2D eigenvalue weighted by atomic mass is 9.92. The zero-order valence-corrected chi connectivity index (χ0v) is 12.6. The van der Waals surface area contributed by atoms with E-state index in [0.29, 0.717) is 29.6 Å². The van der Waals surface area contributed by atoms with Gasteiger partial charge in [0.25, 0.3) is 5.91 Å². The van der Waals surface area contributed by atoms with Gasteiger partial charge in [0.1, 0.15) is 0 Å². The maximum atomic E-state index is 12.6. The number of hydrogen-bond donors (Lipinski definition) is 1. The molecule has 1 amide bonds. The smallest absolute Gasteiger partial charge is 0.308 e. The minimum absolute atomic E-state index is 0.0934. The van der Waals surface area contributed by atoms with Gasteiger partial charge in [0.2, 0.25) is 0 Å². The first-order valence-electron chi connectivity index (χ1n) is 7.25. The maximum absolute atomic E-state index is 12.6. The molecule has 2 aliphatic rings. The predicted octanol–water partition coefficient (Wildman–Crippen LogP) is 2.83. The average molecular weight is 308 g/mol. The number of aryl methyl sites for hydroxylation is 1. The molecule has 21 heavy (non-hydrogen) atoms. The molecule has 1 heterocycles. The van der Waals surface area contributed by atoms with Gasteiger partial charge in [-0.15, -0.1) is 0 Å². The fourth-order valence-corrected chi connectivity index (χ4v) is 3.34. The summed E-state index contributed by atoms with van der Waals surface area (Å²) >= 11 is 5.98. The van der Waals surface area contributed by atoms with Crippen molar-refractivity contribution in [3.8, 4) is 0 Å². The molecule has 2 fully saturated rings. The number of benzene rings is 1. The number of carbonyl (C=O) groups is 2. The van der Waals surface area contributed by atoms with Crippen LogP contribution in [0.3, 0.4) is 0 Å². The number of amides is 1. The molecule has 1 N–H and O–H groups in total. The number of carboxylic acid groups (broad SMARTS) is 1. The normalized spacial score (nSPS) is 25.1. The highest BCUT2D eigenvalue weighted by Gasteiger charge is 2.46. The van der Waals surface area contributed by atoms with E-state index in [2.05, 4.69) is 0 Å². The van der Waals surface area contributed by atoms with E-state index in [0.717, 1.165) is 18.4 Å². The summed E-state index contributed by atoms with van der Waals surface area (Å²) in [5, 5.41) is 9.99. The highest BCUT2D eigenvalue weighted by Crippen LogP contribution is 2.44. The number of likely N-dealkylation sites (tertiary alicyclic amines) is 1. The summed E-state index contributed by atoms with van der Waals surface area (Å²) in [5.74, 6) is -0.704. The summed E-state index contributed by atoms with van der Waals surface area (Å²) in [5.41, 5.74) is 1.44. The number of nitrogens with zero attached hydrogens (tertiary/aromatic N) is 1. The summed E-state index contributed by atoms with van der Waals surface area (Å²) < 4.78 is 0. The minimum Gasteiger partial charge on any atom is -0.481 e. The first kappa shape index (κ1) is 14.4. The van der Waals surface area contributed by atoms with Crippen molar-refractivity contribution in [1.29, 1.82) is 0 Å². The van der Waals surface area contributed by atoms with Gasteiger partial charge < -0.3 is 10.0 Å². The van der Waals surface area contributed by atoms with Gasteiger partial charge in [-0.25, -0.2) is 0 Å². The van der Waals surface area contributed by atoms with E-state index in [4.69, 9.17) is 11.6 Å². The Kier molecular flexibility index (Phi) is 3.66. The molecule has 4 nitrogen and oxygen atoms in total. The molecule has 0 spiro atoms. The molecule has 0 radical (unpaired) electrons. The third-order valence-corrected chi connectivity index (χ3v) is 5.03. The molecular formula is C16H18ClNO3. The molecule has 1 saturated carbocycles. The molecule has 1 saturated heterocycles. The fourth-order valence-electron chi connectivity index (χ4n) is 3.22. The fraction of sp³-hybridized carbons (Fsp3) is 0.500. The van der Waals surface area contributed by atoms with Crippen molar-refractivity contribution >= 4 is 23.5 Å². The molecule has 0 bridgehead atoms. The molecule has 0 unspecified atom stereocenters. The second kappa shape index (κ2) is 5.34. The molecule has 2 atom stereocenters. The number of aliphatic carboxylic acids is 1. The van der Waals surface area contributed by atoms with Gasteiger partial charge in [0.15, 0.2) is 0 Å². The number of carbonyl (C=O) groups excluding carboxylic acids is 1. The van der Waals surface area contributed by atoms with Gasteiger partial charge in [-0.05, 0) is 55.4 Å². The third-order valence-electron chi connectivity index (χ3n) is 4.60. The van der Waals surface area contributed by atoms with E-state index in [9.17, 15) is 14.7 Å². The summed E-state index contributed by atoms with van der Waals surface area (Å²) in [6.45, 7) is 2.73. The number of carboxylic acids is 1. The van der Waals surface area contributed by atoms with Crippen LogP contribution in [0.1, 0.15) is 28.8 Å². The van der Waals surface area contributed by atoms with Gasteiger partial charge in [0.05, 0.1) is 5.92 Å². The molecule has 0 aromatic heterocycles. The Bertz CT molecular complexity index is 597. The standard InChI is InChI=1S/C16H18ClNO3/c1-9-6-11(4-5-14(9)17)15(19)18-7-12(10-2-3-10)13(8-18)16(20)21/h4-6,10,12-13H,2-3,7-8H2,1H3,(H,20,21)/t12-,13+/m1/s1. The van der Waals surface area contributed by atoms with Crippen LogP contribution in [-0.2, 0) is 4.79 Å². The van der Waals surface area contributed by atoms with Crippen molar-refractivity contribution in [2.75, 3.05) is 13.1 Å². The van der Waals surface area contributed by atoms with Crippen molar-refractivity contribution in [1.82, 2.24) is 4.90 Å². The third kappa shape index (κ3) is 2.77. The monoisotopic (exact) mass is 307 g/mol. The Labute approximate surface area is 128 Å². The van der Waals surface area contributed by atoms with E-state index >= 15 is 0 Å². The van der Waals surface area contributed by atoms with Crippen LogP contribution in [0.2, 0.25) is 5.02 Å². The van der Waals surface area contributed by atoms with Gasteiger partial charge in [-0.3, -0.25) is 9.59 Å². The van der Waals surface area contributed by atoms with Crippen LogP contribution in [0.25, 0.3) is 0 Å². The first-order chi connectivity index (χ1) is 9.97. The first-order valence-corrected chi connectivity index (χ1v) is 7.63. The lowest BCUT2D eigenvalue weighted by Gasteiger charge is -2.16. The predicted molar refractivity (Wildman–Crippen MR) is 79.4 cm³/mol. The molecule has 1 aromatic rings. The SMILES string of the molecule is Cc1cc(C(=O)N2C[C@H](C(=O)O)[C@@H](C3CC3)C2)ccc1Cl. The summed E-state index contributed by atoms with van der Waals surface area (Å²) in [6, 6.07) is 5.19. The minimum atomic E-state index is -0.783. The molecular weight excluding hydrogens is 290 g/mol. The van der Waals surface area contributed by atoms with Crippen molar-refractivity contribution in [3.63, 3.8) is 0 Å². The van der Waals surface area contributed by atoms with Crippen LogP contribution in [0.5, 0.6) is 0 Å². The van der Waals surface area contributed by atoms with Crippen LogP contribution in [0, 0.1) is 24.7 Å². The zero-order valence-electron chi connectivity index (χ0n) is 11.9. The highest BCUT2D eigenvalue weighted by molar-refractivity contribution is 6.31. The zero-order chi connectivity index (χ0) is 15.1. The number of rotatable bonds is 3. The van der Waals surface area contributed by atoms with E-state index in [-0.39, 0.29) is 11.8 Å². The van der Waals surface area contributed by atoms with Crippen molar-refractivity contribution in [2.45, 2.75) is 19.8 Å². The van der Waals surface area contributed by atoms with Gasteiger partial charge >= 0.3 is 5.97 Å². The van der Waals surface area contributed by atoms with Gasteiger partial charge in [0, 0.05) is 23.7 Å². The highest BCUT2D eigenvalue weighted by atomic mass is 35.5. The number of halogens is 1. The van der Waals surface area contributed by atoms with E-state index < -0.39 is 11.9 Å². The van der Waals surface area contributed by atoms with Crippen molar-refractivity contribution in [3.05, 3.63) is 34.3 Å². The molecule has 112 valence electrons. The molecule has 3 rings (SSSR count). The summed E-state index contributed by atoms with van der Waals surface area (Å²) in [7, 11) is 0. The van der Waals surface area contributed by atoms with E-state index in [1.807, 2.05) is 6.92 Å². The summed E-state index contributed by atoms with van der Waals surface area (Å²) in [4.78, 5) is 25.6. The Morgan fingerprint density at radius 2 is 2.00 bits per heavy atom.